The van der Waals surface area contributed by atoms with Gasteiger partial charge in [0.05, 0.1) is 12.8 Å². The molecule has 0 spiro atoms. The fourth-order valence-corrected chi connectivity index (χ4v) is 5.01. The number of nitrogens with zero attached hydrogens (tertiary/aromatic N) is 4. The van der Waals surface area contributed by atoms with Crippen LogP contribution in [0.3, 0.4) is 0 Å². The summed E-state index contributed by atoms with van der Waals surface area (Å²) in [6, 6.07) is 17.8. The van der Waals surface area contributed by atoms with Gasteiger partial charge in [-0.25, -0.2) is 4.98 Å². The zero-order valence-corrected chi connectivity index (χ0v) is 20.7. The molecule has 2 heterocycles. The Labute approximate surface area is 203 Å². The first-order valence-electron chi connectivity index (χ1n) is 10.9. The van der Waals surface area contributed by atoms with Gasteiger partial charge >= 0.3 is 0 Å². The van der Waals surface area contributed by atoms with E-state index in [4.69, 9.17) is 14.5 Å². The number of thiazole rings is 1. The van der Waals surface area contributed by atoms with Crippen molar-refractivity contribution in [3.63, 3.8) is 0 Å². The Hall–Kier alpha value is -2.84. The van der Waals surface area contributed by atoms with E-state index >= 15 is 0 Å². The summed E-state index contributed by atoms with van der Waals surface area (Å²) in [5, 5.41) is 12.9. The lowest BCUT2D eigenvalue weighted by molar-refractivity contribution is 0.285. The van der Waals surface area contributed by atoms with Gasteiger partial charge in [-0.05, 0) is 36.6 Å². The molecule has 2 aromatic carbocycles. The Morgan fingerprint density at radius 3 is 2.64 bits per heavy atom. The van der Waals surface area contributed by atoms with Gasteiger partial charge in [-0.1, -0.05) is 55.9 Å². The lowest BCUT2D eigenvalue weighted by Crippen LogP contribution is -2.10. The van der Waals surface area contributed by atoms with E-state index in [9.17, 15) is 0 Å². The number of benzene rings is 2. The molecular formula is C25H28N4O2S2. The molecule has 0 N–H and O–H groups in total. The Morgan fingerprint density at radius 1 is 1.03 bits per heavy atom. The summed E-state index contributed by atoms with van der Waals surface area (Å²) >= 11 is 3.31. The first-order chi connectivity index (χ1) is 16.1. The molecule has 0 bridgehead atoms. The molecule has 0 unspecified atom stereocenters. The summed E-state index contributed by atoms with van der Waals surface area (Å²) in [5.41, 5.74) is 2.10. The third-order valence-electron chi connectivity index (χ3n) is 5.05. The zero-order valence-electron chi connectivity index (χ0n) is 19.1. The Morgan fingerprint density at radius 2 is 1.85 bits per heavy atom. The van der Waals surface area contributed by atoms with Gasteiger partial charge in [0.1, 0.15) is 23.1 Å². The summed E-state index contributed by atoms with van der Waals surface area (Å²) < 4.78 is 13.5. The van der Waals surface area contributed by atoms with Gasteiger partial charge in [0.2, 0.25) is 0 Å². The van der Waals surface area contributed by atoms with E-state index in [0.29, 0.717) is 12.5 Å². The Balaban J connectivity index is 1.44. The number of aromatic nitrogens is 4. The predicted molar refractivity (Wildman–Crippen MR) is 134 cm³/mol. The molecule has 0 saturated carbocycles. The largest absolute Gasteiger partial charge is 0.497 e. The maximum absolute atomic E-state index is 5.93. The topological polar surface area (TPSA) is 62.1 Å². The summed E-state index contributed by atoms with van der Waals surface area (Å²) in [5.74, 6) is 3.84. The molecule has 0 aliphatic heterocycles. The molecule has 2 aromatic heterocycles. The fourth-order valence-electron chi connectivity index (χ4n) is 3.21. The third kappa shape index (κ3) is 6.36. The van der Waals surface area contributed by atoms with Crippen LogP contribution in [0.25, 0.3) is 10.6 Å². The Bertz CT molecular complexity index is 1160. The predicted octanol–water partition coefficient (Wildman–Crippen LogP) is 6.33. The summed E-state index contributed by atoms with van der Waals surface area (Å²) in [6.07, 6.45) is 1.06. The smallest absolute Gasteiger partial charge is 0.191 e. The second-order valence-corrected chi connectivity index (χ2v) is 9.80. The van der Waals surface area contributed by atoms with Crippen LogP contribution in [0.5, 0.6) is 11.5 Å². The van der Waals surface area contributed by atoms with Crippen LogP contribution in [0.4, 0.5) is 0 Å². The standard InChI is InChI=1S/C25H28N4O2S2/c1-18(2)12-13-29-23(15-31-21-9-5-4-6-10-21)27-28-25(29)33-17-20-16-32-24(26-20)19-8-7-11-22(14-19)30-3/h4-11,14,16,18H,12-13,15,17H2,1-3H3. The van der Waals surface area contributed by atoms with E-state index in [1.165, 1.54) is 0 Å². The summed E-state index contributed by atoms with van der Waals surface area (Å²) in [4.78, 5) is 4.82. The second kappa shape index (κ2) is 11.3. The van der Waals surface area contributed by atoms with Gasteiger partial charge in [0.15, 0.2) is 11.0 Å². The highest BCUT2D eigenvalue weighted by Gasteiger charge is 2.15. The van der Waals surface area contributed by atoms with Crippen LogP contribution in [0.15, 0.2) is 65.1 Å². The number of para-hydroxylation sites is 1. The highest BCUT2D eigenvalue weighted by Crippen LogP contribution is 2.30. The maximum atomic E-state index is 5.93. The summed E-state index contributed by atoms with van der Waals surface area (Å²) in [6.45, 7) is 5.72. The molecular weight excluding hydrogens is 452 g/mol. The average Bonchev–Trinajstić information content (AvgIpc) is 3.47. The van der Waals surface area contributed by atoms with Crippen LogP contribution in [-0.2, 0) is 18.9 Å². The minimum atomic E-state index is 0.395. The van der Waals surface area contributed by atoms with E-state index in [-0.39, 0.29) is 0 Å². The molecule has 0 aliphatic carbocycles. The van der Waals surface area contributed by atoms with Gasteiger partial charge in [-0.15, -0.1) is 21.5 Å². The lowest BCUT2D eigenvalue weighted by Gasteiger charge is -2.12. The number of hydrogen-bond donors (Lipinski definition) is 0. The highest BCUT2D eigenvalue weighted by molar-refractivity contribution is 7.98. The van der Waals surface area contributed by atoms with Crippen molar-refractivity contribution in [2.45, 2.75) is 44.3 Å². The summed E-state index contributed by atoms with van der Waals surface area (Å²) in [7, 11) is 1.68. The molecule has 4 aromatic rings. The molecule has 0 saturated heterocycles. The van der Waals surface area contributed by atoms with E-state index in [2.05, 4.69) is 40.1 Å². The van der Waals surface area contributed by atoms with Crippen molar-refractivity contribution in [2.24, 2.45) is 5.92 Å². The van der Waals surface area contributed by atoms with Crippen molar-refractivity contribution >= 4 is 23.1 Å². The molecule has 0 radical (unpaired) electrons. The second-order valence-electron chi connectivity index (χ2n) is 8.00. The van der Waals surface area contributed by atoms with Gasteiger partial charge in [-0.3, -0.25) is 0 Å². The fraction of sp³-hybridized carbons (Fsp3) is 0.320. The van der Waals surface area contributed by atoms with E-state index in [0.717, 1.165) is 57.5 Å². The molecule has 0 amide bonds. The number of thioether (sulfide) groups is 1. The van der Waals surface area contributed by atoms with Gasteiger partial charge < -0.3 is 14.0 Å². The van der Waals surface area contributed by atoms with Crippen molar-refractivity contribution in [3.8, 4) is 22.1 Å². The van der Waals surface area contributed by atoms with Crippen molar-refractivity contribution in [3.05, 3.63) is 71.5 Å². The molecule has 4 rings (SSSR count). The quantitative estimate of drug-likeness (QED) is 0.234. The van der Waals surface area contributed by atoms with Gasteiger partial charge in [0.25, 0.3) is 0 Å². The van der Waals surface area contributed by atoms with Crippen molar-refractivity contribution in [1.29, 1.82) is 0 Å². The molecule has 8 heteroatoms. The Kier molecular flexibility index (Phi) is 8.01. The third-order valence-corrected chi connectivity index (χ3v) is 6.99. The first kappa shape index (κ1) is 23.3. The normalized spacial score (nSPS) is 11.2. The van der Waals surface area contributed by atoms with Gasteiger partial charge in [-0.2, -0.15) is 0 Å². The highest BCUT2D eigenvalue weighted by atomic mass is 32.2. The molecule has 172 valence electrons. The zero-order chi connectivity index (χ0) is 23.0. The lowest BCUT2D eigenvalue weighted by atomic mass is 10.1. The SMILES string of the molecule is COc1cccc(-c2nc(CSc3nnc(COc4ccccc4)n3CCC(C)C)cs2)c1. The number of ether oxygens (including phenoxy) is 2. The van der Waals surface area contributed by atoms with Crippen molar-refractivity contribution < 1.29 is 9.47 Å². The van der Waals surface area contributed by atoms with Crippen LogP contribution in [0.2, 0.25) is 0 Å². The maximum Gasteiger partial charge on any atom is 0.191 e. The van der Waals surface area contributed by atoms with Gasteiger partial charge in [0, 0.05) is 23.2 Å². The average molecular weight is 481 g/mol. The van der Waals surface area contributed by atoms with Crippen LogP contribution < -0.4 is 9.47 Å². The van der Waals surface area contributed by atoms with Crippen molar-refractivity contribution in [1.82, 2.24) is 19.7 Å². The van der Waals surface area contributed by atoms with Crippen LogP contribution in [0.1, 0.15) is 31.8 Å². The van der Waals surface area contributed by atoms with Crippen LogP contribution in [-0.4, -0.2) is 26.9 Å². The van der Waals surface area contributed by atoms with Crippen molar-refractivity contribution in [2.75, 3.05) is 7.11 Å². The number of rotatable bonds is 11. The van der Waals surface area contributed by atoms with E-state index in [1.807, 2.05) is 48.5 Å². The number of methoxy groups -OCH3 is 1. The molecule has 33 heavy (non-hydrogen) atoms. The van der Waals surface area contributed by atoms with E-state index < -0.39 is 0 Å². The van der Waals surface area contributed by atoms with Crippen LogP contribution >= 0.6 is 23.1 Å². The van der Waals surface area contributed by atoms with Crippen LogP contribution in [0, 0.1) is 5.92 Å². The monoisotopic (exact) mass is 480 g/mol. The molecule has 0 fully saturated rings. The minimum absolute atomic E-state index is 0.395. The number of hydrogen-bond acceptors (Lipinski definition) is 7. The first-order valence-corrected chi connectivity index (χ1v) is 12.8. The molecule has 0 atom stereocenters. The molecule has 6 nitrogen and oxygen atoms in total. The van der Waals surface area contributed by atoms with E-state index in [1.54, 1.807) is 30.2 Å². The minimum Gasteiger partial charge on any atom is -0.497 e. The molecule has 0 aliphatic rings.